The third-order valence-corrected chi connectivity index (χ3v) is 3.42. The number of nitrogens with zero attached hydrogens (tertiary/aromatic N) is 1. The maximum Gasteiger partial charge on any atom is 0.248 e. The fourth-order valence-corrected chi connectivity index (χ4v) is 2.74. The van der Waals surface area contributed by atoms with E-state index < -0.39 is 0 Å². The van der Waals surface area contributed by atoms with E-state index in [1.54, 1.807) is 17.8 Å². The van der Waals surface area contributed by atoms with Crippen molar-refractivity contribution in [3.8, 4) is 0 Å². The monoisotopic (exact) mass is 204 g/mol. The van der Waals surface area contributed by atoms with Crippen molar-refractivity contribution < 1.29 is 4.79 Å². The summed E-state index contributed by atoms with van der Waals surface area (Å²) < 4.78 is 0. The fraction of sp³-hybridized carbons (Fsp3) is 0.100. The second-order valence-electron chi connectivity index (χ2n) is 3.18. The molecule has 0 atom stereocenters. The number of nitrogens with one attached hydrogen (secondary N) is 1. The lowest BCUT2D eigenvalue weighted by molar-refractivity contribution is -0.116. The average Bonchev–Trinajstić information content (AvgIpc) is 2.54. The number of carbonyl (C=O) groups is 1. The predicted octanol–water partition coefficient (Wildman–Crippen LogP) is 1.53. The molecule has 0 saturated heterocycles. The van der Waals surface area contributed by atoms with E-state index in [4.69, 9.17) is 0 Å². The van der Waals surface area contributed by atoms with E-state index in [0.29, 0.717) is 6.67 Å². The lowest BCUT2D eigenvalue weighted by Crippen LogP contribution is -2.39. The SMILES string of the molecule is O=C1C=C2Sc3ccccc3N2CN1. The third-order valence-electron chi connectivity index (χ3n) is 2.30. The minimum Gasteiger partial charge on any atom is -0.335 e. The van der Waals surface area contributed by atoms with Gasteiger partial charge in [-0.3, -0.25) is 4.79 Å². The fourth-order valence-electron chi connectivity index (χ4n) is 1.64. The molecule has 3 rings (SSSR count). The van der Waals surface area contributed by atoms with Crippen LogP contribution in [0.4, 0.5) is 5.69 Å². The molecule has 1 amide bonds. The number of fused-ring (bicyclic) bond motifs is 3. The van der Waals surface area contributed by atoms with Crippen LogP contribution in [-0.2, 0) is 4.79 Å². The third kappa shape index (κ3) is 1.04. The van der Waals surface area contributed by atoms with E-state index in [9.17, 15) is 4.79 Å². The van der Waals surface area contributed by atoms with Crippen LogP contribution in [0.3, 0.4) is 0 Å². The van der Waals surface area contributed by atoms with Crippen molar-refractivity contribution in [2.24, 2.45) is 0 Å². The van der Waals surface area contributed by atoms with Gasteiger partial charge in [-0.15, -0.1) is 0 Å². The van der Waals surface area contributed by atoms with Gasteiger partial charge in [0, 0.05) is 11.0 Å². The Hall–Kier alpha value is -1.42. The van der Waals surface area contributed by atoms with Crippen LogP contribution in [0.25, 0.3) is 0 Å². The molecule has 1 aromatic carbocycles. The van der Waals surface area contributed by atoms with Crippen molar-refractivity contribution in [3.63, 3.8) is 0 Å². The topological polar surface area (TPSA) is 32.3 Å². The van der Waals surface area contributed by atoms with Gasteiger partial charge in [0.05, 0.1) is 17.4 Å². The van der Waals surface area contributed by atoms with Crippen molar-refractivity contribution in [3.05, 3.63) is 35.4 Å². The zero-order valence-electron chi connectivity index (χ0n) is 7.36. The number of hydrogen-bond acceptors (Lipinski definition) is 3. The van der Waals surface area contributed by atoms with Gasteiger partial charge in [0.1, 0.15) is 0 Å². The van der Waals surface area contributed by atoms with Crippen molar-refractivity contribution >= 4 is 23.4 Å². The van der Waals surface area contributed by atoms with Gasteiger partial charge < -0.3 is 10.2 Å². The van der Waals surface area contributed by atoms with Crippen LogP contribution >= 0.6 is 11.8 Å². The average molecular weight is 204 g/mol. The molecular weight excluding hydrogens is 196 g/mol. The molecule has 0 bridgehead atoms. The molecular formula is C10H8N2OS. The van der Waals surface area contributed by atoms with Gasteiger partial charge in [0.15, 0.2) is 0 Å². The Balaban J connectivity index is 2.11. The van der Waals surface area contributed by atoms with Gasteiger partial charge in [-0.2, -0.15) is 0 Å². The lowest BCUT2D eigenvalue weighted by Gasteiger charge is -2.23. The smallest absolute Gasteiger partial charge is 0.248 e. The first-order chi connectivity index (χ1) is 6.84. The molecule has 0 radical (unpaired) electrons. The Morgan fingerprint density at radius 3 is 3.14 bits per heavy atom. The van der Waals surface area contributed by atoms with Gasteiger partial charge in [-0.05, 0) is 12.1 Å². The zero-order chi connectivity index (χ0) is 9.54. The van der Waals surface area contributed by atoms with Crippen LogP contribution < -0.4 is 10.2 Å². The van der Waals surface area contributed by atoms with E-state index in [2.05, 4.69) is 22.3 Å². The van der Waals surface area contributed by atoms with Crippen LogP contribution in [0.15, 0.2) is 40.3 Å². The largest absolute Gasteiger partial charge is 0.335 e. The molecule has 2 aliphatic heterocycles. The number of thioether (sulfide) groups is 1. The summed E-state index contributed by atoms with van der Waals surface area (Å²) in [6.45, 7) is 0.578. The Labute approximate surface area is 85.8 Å². The van der Waals surface area contributed by atoms with Gasteiger partial charge in [-0.25, -0.2) is 0 Å². The van der Waals surface area contributed by atoms with Crippen LogP contribution in [0.5, 0.6) is 0 Å². The molecule has 0 unspecified atom stereocenters. The van der Waals surface area contributed by atoms with Crippen molar-refractivity contribution in [2.45, 2.75) is 4.90 Å². The molecule has 0 aliphatic carbocycles. The summed E-state index contributed by atoms with van der Waals surface area (Å²) >= 11 is 1.65. The Morgan fingerprint density at radius 2 is 2.21 bits per heavy atom. The highest BCUT2D eigenvalue weighted by Crippen LogP contribution is 2.45. The minimum atomic E-state index is -0.00319. The molecule has 14 heavy (non-hydrogen) atoms. The van der Waals surface area contributed by atoms with Gasteiger partial charge in [0.25, 0.3) is 0 Å². The summed E-state index contributed by atoms with van der Waals surface area (Å²) in [5.74, 6) is -0.00319. The first-order valence-corrected chi connectivity index (χ1v) is 5.20. The van der Waals surface area contributed by atoms with Crippen molar-refractivity contribution in [1.82, 2.24) is 5.32 Å². The number of anilines is 1. The maximum atomic E-state index is 11.1. The predicted molar refractivity (Wildman–Crippen MR) is 55.9 cm³/mol. The Kier molecular flexibility index (Phi) is 1.58. The van der Waals surface area contributed by atoms with Gasteiger partial charge in [-0.1, -0.05) is 23.9 Å². The molecule has 0 spiro atoms. The number of hydrogen-bond donors (Lipinski definition) is 1. The summed E-state index contributed by atoms with van der Waals surface area (Å²) in [4.78, 5) is 14.5. The van der Waals surface area contributed by atoms with E-state index in [-0.39, 0.29) is 5.91 Å². The molecule has 0 aromatic heterocycles. The normalized spacial score (nSPS) is 18.4. The van der Waals surface area contributed by atoms with E-state index in [1.165, 1.54) is 10.6 Å². The van der Waals surface area contributed by atoms with Crippen LogP contribution in [0, 0.1) is 0 Å². The highest BCUT2D eigenvalue weighted by Gasteiger charge is 2.27. The number of rotatable bonds is 0. The number of benzene rings is 1. The Morgan fingerprint density at radius 1 is 1.36 bits per heavy atom. The molecule has 0 saturated carbocycles. The highest BCUT2D eigenvalue weighted by molar-refractivity contribution is 8.03. The quantitative estimate of drug-likeness (QED) is 0.695. The van der Waals surface area contributed by atoms with E-state index in [1.807, 2.05) is 12.1 Å². The first-order valence-electron chi connectivity index (χ1n) is 4.38. The minimum absolute atomic E-state index is 0.00319. The second kappa shape index (κ2) is 2.78. The van der Waals surface area contributed by atoms with E-state index in [0.717, 1.165) is 5.03 Å². The lowest BCUT2D eigenvalue weighted by atomic mass is 10.3. The molecule has 1 aromatic rings. The molecule has 3 nitrogen and oxygen atoms in total. The van der Waals surface area contributed by atoms with E-state index >= 15 is 0 Å². The van der Waals surface area contributed by atoms with Crippen molar-refractivity contribution in [1.29, 1.82) is 0 Å². The number of para-hydroxylation sites is 1. The summed E-state index contributed by atoms with van der Waals surface area (Å²) in [5.41, 5.74) is 1.18. The summed E-state index contributed by atoms with van der Waals surface area (Å²) in [6, 6.07) is 8.17. The summed E-state index contributed by atoms with van der Waals surface area (Å²) in [6.07, 6.45) is 1.65. The van der Waals surface area contributed by atoms with Crippen LogP contribution in [0.2, 0.25) is 0 Å². The molecule has 70 valence electrons. The highest BCUT2D eigenvalue weighted by atomic mass is 32.2. The summed E-state index contributed by atoms with van der Waals surface area (Å²) in [7, 11) is 0. The Bertz CT molecular complexity index is 442. The molecule has 1 N–H and O–H groups in total. The molecule has 2 heterocycles. The van der Waals surface area contributed by atoms with Gasteiger partial charge >= 0.3 is 0 Å². The number of carbonyl (C=O) groups excluding carboxylic acids is 1. The maximum absolute atomic E-state index is 11.1. The first kappa shape index (κ1) is 7.94. The van der Waals surface area contributed by atoms with Crippen LogP contribution in [0.1, 0.15) is 0 Å². The standard InChI is InChI=1S/C10H8N2OS/c13-9-5-10-12(6-11-9)7-3-1-2-4-8(7)14-10/h1-5H,6H2,(H,11,13). The molecule has 4 heteroatoms. The molecule has 0 fully saturated rings. The second-order valence-corrected chi connectivity index (χ2v) is 4.24. The van der Waals surface area contributed by atoms with Gasteiger partial charge in [0.2, 0.25) is 5.91 Å². The van der Waals surface area contributed by atoms with Crippen molar-refractivity contribution in [2.75, 3.05) is 11.6 Å². The zero-order valence-corrected chi connectivity index (χ0v) is 8.17. The number of amides is 1. The van der Waals surface area contributed by atoms with Crippen LogP contribution in [-0.4, -0.2) is 12.6 Å². The molecule has 2 aliphatic rings. The summed E-state index contributed by atoms with van der Waals surface area (Å²) in [5, 5.41) is 3.81.